The minimum absolute atomic E-state index is 0.0667. The number of carbonyl (C=O) groups excluding carboxylic acids is 1. The molecule has 19 heteroatoms. The largest absolute Gasteiger partial charge is 0.481 e. The van der Waals surface area contributed by atoms with Gasteiger partial charge in [0.05, 0.1) is 26.1 Å². The molecule has 0 radical (unpaired) electrons. The zero-order chi connectivity index (χ0) is 40.2. The first-order valence-corrected chi connectivity index (χ1v) is 22.6. The molecule has 7 heterocycles. The summed E-state index contributed by atoms with van der Waals surface area (Å²) in [5, 5.41) is 26.5. The maximum absolute atomic E-state index is 13.2. The first-order valence-electron chi connectivity index (χ1n) is 19.4. The summed E-state index contributed by atoms with van der Waals surface area (Å²) in [5.74, 6) is 0.950. The van der Waals surface area contributed by atoms with Gasteiger partial charge in [0, 0.05) is 46.2 Å². The molecule has 0 spiro atoms. The zero-order valence-electron chi connectivity index (χ0n) is 32.1. The van der Waals surface area contributed by atoms with Gasteiger partial charge < -0.3 is 25.5 Å². The van der Waals surface area contributed by atoms with Gasteiger partial charge in [0.25, 0.3) is 0 Å². The molecule has 6 aromatic heterocycles. The van der Waals surface area contributed by atoms with Crippen LogP contribution in [0.3, 0.4) is 0 Å². The van der Waals surface area contributed by atoms with Crippen molar-refractivity contribution in [3.8, 4) is 0 Å². The smallest absolute Gasteiger partial charge is 0.306 e. The number of aliphatic carboxylic acids is 1. The van der Waals surface area contributed by atoms with E-state index >= 15 is 0 Å². The molecule has 11 rings (SSSR count). The number of likely N-dealkylation sites (tertiary alicyclic amines) is 1. The number of benzene rings is 2. The number of aryl methyl sites for hydroxylation is 2. The van der Waals surface area contributed by atoms with Crippen LogP contribution in [0.2, 0.25) is 0 Å². The van der Waals surface area contributed by atoms with Crippen LogP contribution >= 0.6 is 45.7 Å². The summed E-state index contributed by atoms with van der Waals surface area (Å²) < 4.78 is 10.0. The third kappa shape index (κ3) is 7.34. The topological polar surface area (TPSA) is 188 Å². The predicted octanol–water partition coefficient (Wildman–Crippen LogP) is 7.34. The highest BCUT2D eigenvalue weighted by molar-refractivity contribution is 7.19. The summed E-state index contributed by atoms with van der Waals surface area (Å²) in [6.07, 6.45) is 8.77. The van der Waals surface area contributed by atoms with Crippen molar-refractivity contribution in [2.24, 2.45) is 11.8 Å². The molecule has 3 N–H and O–H groups in total. The summed E-state index contributed by atoms with van der Waals surface area (Å²) in [7, 11) is 4.20. The summed E-state index contributed by atoms with van der Waals surface area (Å²) in [5.41, 5.74) is 6.14. The lowest BCUT2D eigenvalue weighted by Gasteiger charge is -2.27. The molecule has 1 amide bonds. The molecule has 15 nitrogen and oxygen atoms in total. The Morgan fingerprint density at radius 1 is 0.746 bits per heavy atom. The molecule has 300 valence electrons. The molecule has 1 fully saturated rings. The molecule has 1 aliphatic heterocycles. The van der Waals surface area contributed by atoms with E-state index in [1.54, 1.807) is 35.3 Å². The number of hydrogen-bond donors (Lipinski definition) is 3. The van der Waals surface area contributed by atoms with Crippen molar-refractivity contribution in [1.82, 2.24) is 48.9 Å². The van der Waals surface area contributed by atoms with Crippen LogP contribution in [0.1, 0.15) is 40.1 Å². The van der Waals surface area contributed by atoms with Crippen molar-refractivity contribution in [2.45, 2.75) is 51.0 Å². The summed E-state index contributed by atoms with van der Waals surface area (Å²) in [6, 6.07) is 12.4. The molecule has 8 aromatic rings. The number of nitrogens with zero attached hydrogens (tertiary/aromatic N) is 10. The van der Waals surface area contributed by atoms with Gasteiger partial charge in [0.2, 0.25) is 5.91 Å². The highest BCUT2D eigenvalue weighted by atomic mass is 32.1. The van der Waals surface area contributed by atoms with Gasteiger partial charge in [-0.25, -0.2) is 19.9 Å². The Balaban J connectivity index is 0.000000147. The lowest BCUT2D eigenvalue weighted by atomic mass is 9.87. The second-order valence-corrected chi connectivity index (χ2v) is 19.1. The van der Waals surface area contributed by atoms with Crippen molar-refractivity contribution in [1.29, 1.82) is 0 Å². The van der Waals surface area contributed by atoms with Crippen molar-refractivity contribution in [3.63, 3.8) is 0 Å². The second-order valence-electron chi connectivity index (χ2n) is 15.4. The molecular formula is C40H38N12O3S4. The van der Waals surface area contributed by atoms with Gasteiger partial charge in [0.1, 0.15) is 45.0 Å². The normalized spacial score (nSPS) is 18.9. The fraction of sp³-hybridized carbons (Fsp3) is 0.350. The number of amides is 1. The second kappa shape index (κ2) is 15.7. The van der Waals surface area contributed by atoms with Crippen LogP contribution in [0.5, 0.6) is 0 Å². The van der Waals surface area contributed by atoms with Gasteiger partial charge >= 0.3 is 5.97 Å². The number of rotatable bonds is 7. The summed E-state index contributed by atoms with van der Waals surface area (Å²) in [6.45, 7) is 1.72. The third-order valence-electron chi connectivity index (χ3n) is 11.6. The Morgan fingerprint density at radius 2 is 1.29 bits per heavy atom. The molecule has 2 aromatic carbocycles. The van der Waals surface area contributed by atoms with Crippen LogP contribution in [0.4, 0.5) is 23.0 Å². The van der Waals surface area contributed by atoms with E-state index < -0.39 is 5.97 Å². The minimum Gasteiger partial charge on any atom is -0.481 e. The van der Waals surface area contributed by atoms with Crippen LogP contribution < -0.4 is 10.6 Å². The van der Waals surface area contributed by atoms with E-state index in [0.717, 1.165) is 114 Å². The average Bonchev–Trinajstić information content (AvgIpc) is 4.09. The Morgan fingerprint density at radius 3 is 1.81 bits per heavy atom. The average molecular weight is 863 g/mol. The Bertz CT molecular complexity index is 2890. The van der Waals surface area contributed by atoms with Gasteiger partial charge in [-0.1, -0.05) is 8.98 Å². The monoisotopic (exact) mass is 862 g/mol. The minimum atomic E-state index is -0.719. The molecule has 3 atom stereocenters. The Hall–Kier alpha value is -5.34. The standard InChI is InChI=1S/C23H25N7OS2.C17H13N5O2S2/c1-29(2)15-7-8-30(11-15)23(31)13-3-5-16-18(9-13)32-22-20(16)21(24-12-25-22)26-14-4-6-17-19(10-14)33-28-27-17;23-17(24)8-1-3-10-12(5-8)25-16-14(10)15(18-7-19-16)20-9-2-4-11-13(6-9)26-22-21-11/h4,6,10,12-13,15H,3,5,7-9,11H2,1-2H3,(H,24,25,26);2,4,6-8H,1,3,5H2,(H,23,24)(H,18,19,20)/t13-,15-;8-/m00/s1. The van der Waals surface area contributed by atoms with Gasteiger partial charge in [-0.15, -0.1) is 32.9 Å². The molecular weight excluding hydrogens is 825 g/mol. The fourth-order valence-electron chi connectivity index (χ4n) is 8.44. The Labute approximate surface area is 353 Å². The van der Waals surface area contributed by atoms with E-state index in [1.807, 2.05) is 30.3 Å². The third-order valence-corrected chi connectivity index (χ3v) is 15.3. The highest BCUT2D eigenvalue weighted by Gasteiger charge is 2.35. The van der Waals surface area contributed by atoms with Crippen LogP contribution in [0.25, 0.3) is 40.9 Å². The van der Waals surface area contributed by atoms with Crippen molar-refractivity contribution >= 4 is 121 Å². The lowest BCUT2D eigenvalue weighted by molar-refractivity contribution is -0.142. The molecule has 3 aliphatic rings. The number of nitrogens with one attached hydrogen (secondary N) is 2. The summed E-state index contributed by atoms with van der Waals surface area (Å²) >= 11 is 6.03. The van der Waals surface area contributed by atoms with E-state index in [0.29, 0.717) is 24.8 Å². The molecule has 59 heavy (non-hydrogen) atoms. The first-order chi connectivity index (χ1) is 28.8. The highest BCUT2D eigenvalue weighted by Crippen LogP contribution is 2.42. The number of hydrogen-bond acceptors (Lipinski definition) is 17. The number of anilines is 4. The lowest BCUT2D eigenvalue weighted by Crippen LogP contribution is -2.39. The van der Waals surface area contributed by atoms with E-state index in [1.165, 1.54) is 39.1 Å². The van der Waals surface area contributed by atoms with E-state index in [9.17, 15) is 14.7 Å². The number of carboxylic acid groups (broad SMARTS) is 1. The fourth-order valence-corrected chi connectivity index (χ4v) is 12.2. The zero-order valence-corrected chi connectivity index (χ0v) is 35.3. The van der Waals surface area contributed by atoms with Crippen molar-refractivity contribution < 1.29 is 14.7 Å². The van der Waals surface area contributed by atoms with Gasteiger partial charge in [-0.2, -0.15) is 0 Å². The molecule has 0 bridgehead atoms. The number of likely N-dealkylation sites (N-methyl/N-ethyl adjacent to an activating group) is 1. The van der Waals surface area contributed by atoms with Gasteiger partial charge in [-0.05, 0) is 130 Å². The Kier molecular flexibility index (Phi) is 10.1. The van der Waals surface area contributed by atoms with Crippen LogP contribution in [0, 0.1) is 11.8 Å². The molecule has 0 saturated carbocycles. The van der Waals surface area contributed by atoms with E-state index in [-0.39, 0.29) is 11.8 Å². The van der Waals surface area contributed by atoms with E-state index in [2.05, 4.69) is 79.7 Å². The quantitative estimate of drug-likeness (QED) is 0.144. The van der Waals surface area contributed by atoms with Crippen LogP contribution in [0.15, 0.2) is 49.1 Å². The van der Waals surface area contributed by atoms with Crippen LogP contribution in [-0.4, -0.2) is 99.1 Å². The predicted molar refractivity (Wildman–Crippen MR) is 234 cm³/mol. The van der Waals surface area contributed by atoms with Crippen molar-refractivity contribution in [3.05, 3.63) is 69.9 Å². The molecule has 1 saturated heterocycles. The van der Waals surface area contributed by atoms with Crippen LogP contribution in [-0.2, 0) is 35.3 Å². The van der Waals surface area contributed by atoms with Crippen molar-refractivity contribution in [2.75, 3.05) is 37.8 Å². The maximum atomic E-state index is 13.2. The van der Waals surface area contributed by atoms with E-state index in [4.69, 9.17) is 0 Å². The summed E-state index contributed by atoms with van der Waals surface area (Å²) in [4.78, 5) is 51.1. The number of fused-ring (bicyclic) bond motifs is 8. The van der Waals surface area contributed by atoms with Gasteiger partial charge in [0.15, 0.2) is 0 Å². The molecule has 0 unspecified atom stereocenters. The SMILES string of the molecule is CN(C)[C@H]1CCN(C(=O)[C@H]2CCc3c(sc4ncnc(Nc5ccc6nnsc6c5)c34)C2)C1.O=C(O)[C@H]1CCc2c(sc3ncnc(Nc4ccc5nnsc5c4)c23)C1. The number of carbonyl (C=O) groups is 2. The first kappa shape index (κ1) is 37.9. The maximum Gasteiger partial charge on any atom is 0.306 e. The number of thiophene rings is 2. The van der Waals surface area contributed by atoms with Gasteiger partial charge in [-0.3, -0.25) is 9.59 Å². The number of aromatic nitrogens is 8. The molecule has 2 aliphatic carbocycles. The number of carboxylic acids is 1.